The number of aromatic nitrogens is 3. The average molecular weight is 326 g/mol. The first-order valence-electron chi connectivity index (χ1n) is 8.96. The molecule has 24 heavy (non-hydrogen) atoms. The molecule has 0 spiro atoms. The van der Waals surface area contributed by atoms with Crippen LogP contribution in [0.3, 0.4) is 0 Å². The van der Waals surface area contributed by atoms with Gasteiger partial charge in [0.15, 0.2) is 0 Å². The van der Waals surface area contributed by atoms with E-state index in [1.165, 1.54) is 38.5 Å². The summed E-state index contributed by atoms with van der Waals surface area (Å²) in [6, 6.07) is 5.31. The summed E-state index contributed by atoms with van der Waals surface area (Å²) >= 11 is 0. The molecule has 128 valence electrons. The number of hydrogen-bond donors (Lipinski definition) is 1. The van der Waals surface area contributed by atoms with Gasteiger partial charge in [0.25, 0.3) is 5.56 Å². The van der Waals surface area contributed by atoms with Gasteiger partial charge in [-0.1, -0.05) is 32.1 Å². The van der Waals surface area contributed by atoms with Crippen molar-refractivity contribution in [1.82, 2.24) is 14.5 Å². The predicted molar refractivity (Wildman–Crippen MR) is 97.0 cm³/mol. The fraction of sp³-hybridized carbons (Fsp3) is 0.526. The van der Waals surface area contributed by atoms with E-state index >= 15 is 0 Å². The Balaban J connectivity index is 1.62. The van der Waals surface area contributed by atoms with Gasteiger partial charge in [-0.05, 0) is 30.9 Å². The highest BCUT2D eigenvalue weighted by atomic mass is 16.1. The molecule has 0 bridgehead atoms. The van der Waals surface area contributed by atoms with Crippen molar-refractivity contribution in [2.75, 3.05) is 11.9 Å². The van der Waals surface area contributed by atoms with E-state index in [1.54, 1.807) is 30.1 Å². The van der Waals surface area contributed by atoms with Crippen molar-refractivity contribution in [1.29, 1.82) is 0 Å². The average Bonchev–Trinajstić information content (AvgIpc) is 2.63. The van der Waals surface area contributed by atoms with Crippen molar-refractivity contribution in [2.24, 2.45) is 13.0 Å². The molecule has 2 aromatic rings. The van der Waals surface area contributed by atoms with Gasteiger partial charge in [0.1, 0.15) is 0 Å². The third kappa shape index (κ3) is 4.22. The molecule has 0 aromatic carbocycles. The Morgan fingerprint density at radius 1 is 1.21 bits per heavy atom. The maximum Gasteiger partial charge on any atom is 0.255 e. The quantitative estimate of drug-likeness (QED) is 0.824. The topological polar surface area (TPSA) is 59.8 Å². The molecule has 0 saturated heterocycles. The molecule has 0 atom stereocenters. The summed E-state index contributed by atoms with van der Waals surface area (Å²) in [6.45, 7) is 0.858. The van der Waals surface area contributed by atoms with Crippen LogP contribution in [0.5, 0.6) is 0 Å². The molecule has 1 fully saturated rings. The fourth-order valence-corrected chi connectivity index (χ4v) is 3.43. The number of pyridine rings is 1. The maximum atomic E-state index is 12.2. The van der Waals surface area contributed by atoms with Crippen LogP contribution in [-0.2, 0) is 7.05 Å². The highest BCUT2D eigenvalue weighted by molar-refractivity contribution is 5.59. The first-order chi connectivity index (χ1) is 11.7. The highest BCUT2D eigenvalue weighted by Gasteiger charge is 2.13. The van der Waals surface area contributed by atoms with Gasteiger partial charge in [-0.25, -0.2) is 4.98 Å². The lowest BCUT2D eigenvalue weighted by atomic mass is 9.86. The van der Waals surface area contributed by atoms with E-state index in [1.807, 2.05) is 12.1 Å². The Bertz CT molecular complexity index is 705. The SMILES string of the molecule is Cn1c(NCCCC2CCCCC2)nc(-c2ccncc2)cc1=O. The summed E-state index contributed by atoms with van der Waals surface area (Å²) in [4.78, 5) is 20.8. The molecule has 1 aliphatic rings. The molecule has 0 amide bonds. The van der Waals surface area contributed by atoms with Crippen LogP contribution in [0, 0.1) is 5.92 Å². The minimum atomic E-state index is -0.0495. The molecule has 1 saturated carbocycles. The summed E-state index contributed by atoms with van der Waals surface area (Å²) in [6.07, 6.45) is 12.8. The van der Waals surface area contributed by atoms with Crippen molar-refractivity contribution in [3.8, 4) is 11.3 Å². The molecule has 0 unspecified atom stereocenters. The van der Waals surface area contributed by atoms with E-state index in [0.29, 0.717) is 11.6 Å². The zero-order chi connectivity index (χ0) is 16.8. The molecule has 1 aliphatic carbocycles. The number of hydrogen-bond acceptors (Lipinski definition) is 4. The molecular weight excluding hydrogens is 300 g/mol. The Hall–Kier alpha value is -2.17. The molecule has 5 nitrogen and oxygen atoms in total. The van der Waals surface area contributed by atoms with Crippen LogP contribution in [0.15, 0.2) is 35.4 Å². The monoisotopic (exact) mass is 326 g/mol. The van der Waals surface area contributed by atoms with Crippen molar-refractivity contribution in [3.05, 3.63) is 40.9 Å². The number of rotatable bonds is 6. The largest absolute Gasteiger partial charge is 0.356 e. The standard InChI is InChI=1S/C19H26N4O/c1-23-18(24)14-17(16-9-12-20-13-10-16)22-19(23)21-11-5-8-15-6-3-2-4-7-15/h9-10,12-15H,2-8,11H2,1H3,(H,21,22). The second-order valence-corrected chi connectivity index (χ2v) is 6.67. The second-order valence-electron chi connectivity index (χ2n) is 6.67. The minimum Gasteiger partial charge on any atom is -0.356 e. The van der Waals surface area contributed by atoms with Crippen molar-refractivity contribution in [2.45, 2.75) is 44.9 Å². The molecule has 2 aromatic heterocycles. The van der Waals surface area contributed by atoms with Crippen molar-refractivity contribution < 1.29 is 0 Å². The molecule has 0 aliphatic heterocycles. The molecule has 0 radical (unpaired) electrons. The normalized spacial score (nSPS) is 15.4. The summed E-state index contributed by atoms with van der Waals surface area (Å²) in [5, 5.41) is 3.34. The third-order valence-electron chi connectivity index (χ3n) is 4.91. The second kappa shape index (κ2) is 8.08. The van der Waals surface area contributed by atoms with Gasteiger partial charge in [0.2, 0.25) is 5.95 Å². The summed E-state index contributed by atoms with van der Waals surface area (Å²) in [7, 11) is 1.76. The lowest BCUT2D eigenvalue weighted by molar-refractivity contribution is 0.335. The van der Waals surface area contributed by atoms with Gasteiger partial charge >= 0.3 is 0 Å². The van der Waals surface area contributed by atoms with E-state index in [9.17, 15) is 4.79 Å². The van der Waals surface area contributed by atoms with Crippen LogP contribution >= 0.6 is 0 Å². The van der Waals surface area contributed by atoms with Gasteiger partial charge in [-0.15, -0.1) is 0 Å². The first-order valence-corrected chi connectivity index (χ1v) is 8.96. The van der Waals surface area contributed by atoms with E-state index in [4.69, 9.17) is 0 Å². The summed E-state index contributed by atoms with van der Waals surface area (Å²) < 4.78 is 1.57. The lowest BCUT2D eigenvalue weighted by Crippen LogP contribution is -2.22. The maximum absolute atomic E-state index is 12.2. The number of anilines is 1. The lowest BCUT2D eigenvalue weighted by Gasteiger charge is -2.21. The van der Waals surface area contributed by atoms with Crippen LogP contribution in [0.4, 0.5) is 5.95 Å². The van der Waals surface area contributed by atoms with Crippen LogP contribution < -0.4 is 10.9 Å². The molecule has 3 rings (SSSR count). The number of nitrogens with zero attached hydrogens (tertiary/aromatic N) is 3. The summed E-state index contributed by atoms with van der Waals surface area (Å²) in [5.74, 6) is 1.53. The molecular formula is C19H26N4O. The Kier molecular flexibility index (Phi) is 5.62. The summed E-state index contributed by atoms with van der Waals surface area (Å²) in [5.41, 5.74) is 1.55. The first kappa shape index (κ1) is 16.7. The van der Waals surface area contributed by atoms with Crippen LogP contribution in [0.1, 0.15) is 44.9 Å². The van der Waals surface area contributed by atoms with Gasteiger partial charge < -0.3 is 5.32 Å². The van der Waals surface area contributed by atoms with Gasteiger partial charge in [0, 0.05) is 37.6 Å². The smallest absolute Gasteiger partial charge is 0.255 e. The number of nitrogens with one attached hydrogen (secondary N) is 1. The zero-order valence-corrected chi connectivity index (χ0v) is 14.4. The third-order valence-corrected chi connectivity index (χ3v) is 4.91. The Labute approximate surface area is 143 Å². The van der Waals surface area contributed by atoms with E-state index < -0.39 is 0 Å². The predicted octanol–water partition coefficient (Wildman–Crippen LogP) is 3.61. The molecule has 1 N–H and O–H groups in total. The Morgan fingerprint density at radius 2 is 1.96 bits per heavy atom. The van der Waals surface area contributed by atoms with Crippen LogP contribution in [-0.4, -0.2) is 21.1 Å². The van der Waals surface area contributed by atoms with Crippen LogP contribution in [0.2, 0.25) is 0 Å². The Morgan fingerprint density at radius 3 is 2.71 bits per heavy atom. The van der Waals surface area contributed by atoms with Gasteiger partial charge in [-0.3, -0.25) is 14.3 Å². The van der Waals surface area contributed by atoms with Gasteiger partial charge in [0.05, 0.1) is 5.69 Å². The van der Waals surface area contributed by atoms with E-state index in [-0.39, 0.29) is 5.56 Å². The van der Waals surface area contributed by atoms with Crippen LogP contribution in [0.25, 0.3) is 11.3 Å². The van der Waals surface area contributed by atoms with Crippen molar-refractivity contribution >= 4 is 5.95 Å². The molecule has 2 heterocycles. The van der Waals surface area contributed by atoms with E-state index in [0.717, 1.165) is 24.4 Å². The van der Waals surface area contributed by atoms with E-state index in [2.05, 4.69) is 15.3 Å². The molecule has 5 heteroatoms. The van der Waals surface area contributed by atoms with Crippen molar-refractivity contribution in [3.63, 3.8) is 0 Å². The van der Waals surface area contributed by atoms with Gasteiger partial charge in [-0.2, -0.15) is 0 Å². The minimum absolute atomic E-state index is 0.0495. The zero-order valence-electron chi connectivity index (χ0n) is 14.4. The highest BCUT2D eigenvalue weighted by Crippen LogP contribution is 2.27. The fourth-order valence-electron chi connectivity index (χ4n) is 3.43.